The van der Waals surface area contributed by atoms with Gasteiger partial charge in [-0.25, -0.2) is 9.59 Å². The molecule has 47 heavy (non-hydrogen) atoms. The van der Waals surface area contributed by atoms with Gasteiger partial charge in [-0.1, -0.05) is 62.4 Å². The summed E-state index contributed by atoms with van der Waals surface area (Å²) in [6.45, 7) is 11.6. The second-order valence-corrected chi connectivity index (χ2v) is 15.3. The van der Waals surface area contributed by atoms with Gasteiger partial charge in [0.2, 0.25) is 11.8 Å². The highest BCUT2D eigenvalue weighted by atomic mass is 32.2. The SMILES string of the molecule is CC(C)[C@H](NC(=O)OC(C)(C)C)C(=O)N1CCC2(C1)SCCN2C(=O)[C@@H](NC(=O)OCC1c2ccccc2-c2ccccc21)[C@@H](C)O. The van der Waals surface area contributed by atoms with Gasteiger partial charge in [0, 0.05) is 24.8 Å². The van der Waals surface area contributed by atoms with Gasteiger partial charge in [0.25, 0.3) is 0 Å². The smallest absolute Gasteiger partial charge is 0.408 e. The number of benzene rings is 2. The number of carbonyl (C=O) groups is 4. The Balaban J connectivity index is 1.23. The zero-order chi connectivity index (χ0) is 34.1. The molecule has 1 spiro atoms. The van der Waals surface area contributed by atoms with E-state index in [1.807, 2.05) is 50.2 Å². The zero-order valence-corrected chi connectivity index (χ0v) is 28.8. The molecule has 0 radical (unpaired) electrons. The molecule has 2 aromatic rings. The molecule has 2 aliphatic heterocycles. The van der Waals surface area contributed by atoms with Crippen molar-refractivity contribution in [1.29, 1.82) is 0 Å². The van der Waals surface area contributed by atoms with Crippen LogP contribution >= 0.6 is 11.8 Å². The van der Waals surface area contributed by atoms with Gasteiger partial charge in [-0.15, -0.1) is 11.8 Å². The number of rotatable bonds is 8. The van der Waals surface area contributed by atoms with Crippen molar-refractivity contribution in [2.24, 2.45) is 5.92 Å². The first-order valence-corrected chi connectivity index (χ1v) is 17.2. The first-order chi connectivity index (χ1) is 22.2. The Hall–Kier alpha value is -3.77. The molecule has 0 saturated carbocycles. The minimum absolute atomic E-state index is 0.0789. The standard InChI is InChI=1S/C35H46N4O7S/c1-21(2)28(36-33(44)46-34(4,5)6)30(41)38-16-15-35(20-38)39(17-18-47-35)31(42)29(22(3)40)37-32(43)45-19-27-25-13-9-7-11-23(25)24-12-8-10-14-26(24)27/h7-14,21-22,27-29,40H,15-20H2,1-6H3,(H,36,44)(H,37,43)/t22-,28+,29+,35?/m1/s1. The van der Waals surface area contributed by atoms with E-state index in [-0.39, 0.29) is 30.9 Å². The summed E-state index contributed by atoms with van der Waals surface area (Å²) >= 11 is 1.59. The minimum atomic E-state index is -1.23. The van der Waals surface area contributed by atoms with E-state index < -0.39 is 46.8 Å². The number of hydrogen-bond acceptors (Lipinski definition) is 8. The molecular weight excluding hydrogens is 620 g/mol. The Kier molecular flexibility index (Phi) is 10.1. The molecule has 1 unspecified atom stereocenters. The largest absolute Gasteiger partial charge is 0.449 e. The lowest BCUT2D eigenvalue weighted by Gasteiger charge is -2.37. The van der Waals surface area contributed by atoms with Crippen LogP contribution in [-0.4, -0.2) is 99.6 Å². The Morgan fingerprint density at radius 3 is 2.09 bits per heavy atom. The van der Waals surface area contributed by atoms with Crippen molar-refractivity contribution in [1.82, 2.24) is 20.4 Å². The number of aliphatic hydroxyl groups is 1. The number of fused-ring (bicyclic) bond motifs is 3. The Labute approximate surface area is 280 Å². The van der Waals surface area contributed by atoms with Gasteiger partial charge < -0.3 is 35.0 Å². The number of ether oxygens (including phenoxy) is 2. The van der Waals surface area contributed by atoms with Crippen molar-refractivity contribution in [2.75, 3.05) is 32.0 Å². The molecule has 3 aliphatic rings. The molecular formula is C35H46N4O7S. The second-order valence-electron chi connectivity index (χ2n) is 13.9. The van der Waals surface area contributed by atoms with Crippen molar-refractivity contribution in [3.8, 4) is 11.1 Å². The summed E-state index contributed by atoms with van der Waals surface area (Å²) in [5.74, 6) is -0.364. The first-order valence-electron chi connectivity index (χ1n) is 16.2. The molecule has 2 heterocycles. The number of thioether (sulfide) groups is 1. The van der Waals surface area contributed by atoms with Crippen LogP contribution in [0.4, 0.5) is 9.59 Å². The molecule has 4 amide bonds. The molecule has 3 N–H and O–H groups in total. The van der Waals surface area contributed by atoms with Crippen LogP contribution < -0.4 is 10.6 Å². The zero-order valence-electron chi connectivity index (χ0n) is 27.9. The van der Waals surface area contributed by atoms with Crippen molar-refractivity contribution in [3.63, 3.8) is 0 Å². The third kappa shape index (κ3) is 7.38. The van der Waals surface area contributed by atoms with E-state index in [4.69, 9.17) is 9.47 Å². The molecule has 0 aromatic heterocycles. The van der Waals surface area contributed by atoms with Gasteiger partial charge in [0.1, 0.15) is 29.2 Å². The van der Waals surface area contributed by atoms with E-state index in [0.717, 1.165) is 22.3 Å². The minimum Gasteiger partial charge on any atom is -0.449 e. The highest BCUT2D eigenvalue weighted by molar-refractivity contribution is 8.00. The van der Waals surface area contributed by atoms with Crippen molar-refractivity contribution < 1.29 is 33.8 Å². The van der Waals surface area contributed by atoms with E-state index in [1.165, 1.54) is 6.92 Å². The summed E-state index contributed by atoms with van der Waals surface area (Å²) in [4.78, 5) is 55.9. The van der Waals surface area contributed by atoms with E-state index in [2.05, 4.69) is 22.8 Å². The van der Waals surface area contributed by atoms with Crippen molar-refractivity contribution in [3.05, 3.63) is 59.7 Å². The molecule has 11 nitrogen and oxygen atoms in total. The summed E-state index contributed by atoms with van der Waals surface area (Å²) in [6.07, 6.45) is -2.12. The highest BCUT2D eigenvalue weighted by Gasteiger charge is 2.52. The summed E-state index contributed by atoms with van der Waals surface area (Å²) in [6, 6.07) is 14.0. The number of amides is 4. The molecule has 2 fully saturated rings. The summed E-state index contributed by atoms with van der Waals surface area (Å²) < 4.78 is 11.1. The average molecular weight is 667 g/mol. The fourth-order valence-corrected chi connectivity index (χ4v) is 8.15. The normalized spacial score (nSPS) is 20.9. The second kappa shape index (κ2) is 13.8. The molecule has 0 bridgehead atoms. The molecule has 2 saturated heterocycles. The number of aliphatic hydroxyl groups excluding tert-OH is 1. The fourth-order valence-electron chi connectivity index (χ4n) is 6.68. The maximum atomic E-state index is 14.0. The van der Waals surface area contributed by atoms with Crippen LogP contribution in [0.3, 0.4) is 0 Å². The predicted molar refractivity (Wildman–Crippen MR) is 180 cm³/mol. The van der Waals surface area contributed by atoms with Crippen LogP contribution in [0.1, 0.15) is 65.0 Å². The number of nitrogens with zero attached hydrogens (tertiary/aromatic N) is 2. The van der Waals surface area contributed by atoms with Crippen molar-refractivity contribution in [2.45, 2.75) is 82.5 Å². The number of nitrogens with one attached hydrogen (secondary N) is 2. The van der Waals surface area contributed by atoms with Crippen LogP contribution in [0.2, 0.25) is 0 Å². The number of likely N-dealkylation sites (tertiary alicyclic amines) is 1. The van der Waals surface area contributed by atoms with Crippen LogP contribution in [0, 0.1) is 5.92 Å². The van der Waals surface area contributed by atoms with Gasteiger partial charge in [0.05, 0.1) is 12.6 Å². The number of hydrogen-bond donors (Lipinski definition) is 3. The maximum absolute atomic E-state index is 14.0. The fraction of sp³-hybridized carbons (Fsp3) is 0.543. The molecule has 2 aromatic carbocycles. The first kappa shape index (κ1) is 34.6. The summed E-state index contributed by atoms with van der Waals surface area (Å²) in [5.41, 5.74) is 3.65. The highest BCUT2D eigenvalue weighted by Crippen LogP contribution is 2.45. The van der Waals surface area contributed by atoms with Crippen LogP contribution in [0.15, 0.2) is 48.5 Å². The quantitative estimate of drug-likeness (QED) is 0.379. The predicted octanol–water partition coefficient (Wildman–Crippen LogP) is 4.33. The number of alkyl carbamates (subject to hydrolysis) is 2. The van der Waals surface area contributed by atoms with Gasteiger partial charge in [0.15, 0.2) is 0 Å². The lowest BCUT2D eigenvalue weighted by atomic mass is 9.98. The topological polar surface area (TPSA) is 138 Å². The number of carbonyl (C=O) groups excluding carboxylic acids is 4. The van der Waals surface area contributed by atoms with E-state index in [0.29, 0.717) is 25.3 Å². The van der Waals surface area contributed by atoms with Crippen molar-refractivity contribution >= 4 is 35.8 Å². The van der Waals surface area contributed by atoms with E-state index in [1.54, 1.807) is 42.3 Å². The Bertz CT molecular complexity index is 1460. The molecule has 254 valence electrons. The lowest BCUT2D eigenvalue weighted by molar-refractivity contribution is -0.139. The molecule has 1 aliphatic carbocycles. The van der Waals surface area contributed by atoms with Crippen LogP contribution in [-0.2, 0) is 19.1 Å². The van der Waals surface area contributed by atoms with E-state index in [9.17, 15) is 24.3 Å². The molecule has 5 rings (SSSR count). The average Bonchev–Trinajstić information content (AvgIpc) is 3.72. The monoisotopic (exact) mass is 666 g/mol. The third-order valence-corrected chi connectivity index (χ3v) is 10.4. The van der Waals surface area contributed by atoms with E-state index >= 15 is 0 Å². The van der Waals surface area contributed by atoms with Gasteiger partial charge in [-0.2, -0.15) is 0 Å². The van der Waals surface area contributed by atoms with Gasteiger partial charge >= 0.3 is 12.2 Å². The van der Waals surface area contributed by atoms with Gasteiger partial charge in [-0.3, -0.25) is 9.59 Å². The van der Waals surface area contributed by atoms with Crippen LogP contribution in [0.5, 0.6) is 0 Å². The summed E-state index contributed by atoms with van der Waals surface area (Å²) in [5, 5.41) is 16.0. The Morgan fingerprint density at radius 2 is 1.51 bits per heavy atom. The van der Waals surface area contributed by atoms with Gasteiger partial charge in [-0.05, 0) is 62.3 Å². The third-order valence-electron chi connectivity index (χ3n) is 8.94. The molecule has 4 atom stereocenters. The summed E-state index contributed by atoms with van der Waals surface area (Å²) in [7, 11) is 0. The van der Waals surface area contributed by atoms with Crippen LogP contribution in [0.25, 0.3) is 11.1 Å². The lowest BCUT2D eigenvalue weighted by Crippen LogP contribution is -2.59. The molecule has 12 heteroatoms. The Morgan fingerprint density at radius 1 is 0.915 bits per heavy atom. The maximum Gasteiger partial charge on any atom is 0.408 e.